The maximum absolute atomic E-state index is 13.1. The van der Waals surface area contributed by atoms with Gasteiger partial charge in [0.25, 0.3) is 0 Å². The lowest BCUT2D eigenvalue weighted by Gasteiger charge is -2.21. The molecule has 0 heterocycles. The largest absolute Gasteiger partial charge is 0.472 e. The number of unbranched alkanes of at least 4 members (excludes halogenated alkanes) is 48. The van der Waals surface area contributed by atoms with Gasteiger partial charge in [0, 0.05) is 25.7 Å². The Bertz CT molecular complexity index is 1960. The molecule has 19 heteroatoms. The van der Waals surface area contributed by atoms with Gasteiger partial charge in [0.15, 0.2) is 12.2 Å². The normalized spacial score (nSPS) is 14.0. The third-order valence-electron chi connectivity index (χ3n) is 19.1. The van der Waals surface area contributed by atoms with Crippen molar-refractivity contribution in [1.82, 2.24) is 0 Å². The number of carbonyl (C=O) groups is 4. The Balaban J connectivity index is 5.26. The van der Waals surface area contributed by atoms with Crippen molar-refractivity contribution < 1.29 is 80.2 Å². The van der Waals surface area contributed by atoms with Crippen LogP contribution in [0.1, 0.15) is 427 Å². The topological polar surface area (TPSA) is 237 Å². The van der Waals surface area contributed by atoms with Crippen LogP contribution in [0.5, 0.6) is 0 Å². The van der Waals surface area contributed by atoms with Crippen LogP contribution in [0.4, 0.5) is 0 Å². The Kier molecular flexibility index (Phi) is 70.9. The lowest BCUT2D eigenvalue weighted by molar-refractivity contribution is -0.161. The number of rotatable bonds is 80. The number of ether oxygens (including phenoxy) is 4. The molecule has 0 radical (unpaired) electrons. The fraction of sp³-hybridized carbons (Fsp3) is 0.951. The van der Waals surface area contributed by atoms with E-state index in [4.69, 9.17) is 37.0 Å². The average molecular weight is 1480 g/mol. The molecule has 0 aromatic rings. The monoisotopic (exact) mass is 1480 g/mol. The number of aliphatic hydroxyl groups is 1. The molecule has 0 bridgehead atoms. The fourth-order valence-corrected chi connectivity index (χ4v) is 14.2. The molecule has 0 rings (SSSR count). The molecule has 0 saturated heterocycles. The first-order valence-electron chi connectivity index (χ1n) is 42.3. The highest BCUT2D eigenvalue weighted by molar-refractivity contribution is 7.47. The van der Waals surface area contributed by atoms with Gasteiger partial charge in [-0.25, -0.2) is 9.13 Å². The van der Waals surface area contributed by atoms with Crippen LogP contribution in [0.25, 0.3) is 0 Å². The molecule has 0 spiro atoms. The molecule has 2 unspecified atom stereocenters. The average Bonchev–Trinajstić information content (AvgIpc) is 0.953. The number of carbonyl (C=O) groups excluding carboxylic acids is 4. The van der Waals surface area contributed by atoms with E-state index in [-0.39, 0.29) is 25.7 Å². The fourth-order valence-electron chi connectivity index (χ4n) is 12.7. The molecule has 5 atom stereocenters. The van der Waals surface area contributed by atoms with Crippen LogP contribution in [-0.4, -0.2) is 96.7 Å². The molecule has 0 saturated carbocycles. The first kappa shape index (κ1) is 99.1. The van der Waals surface area contributed by atoms with Crippen molar-refractivity contribution in [3.63, 3.8) is 0 Å². The van der Waals surface area contributed by atoms with E-state index in [1.807, 2.05) is 0 Å². The summed E-state index contributed by atoms with van der Waals surface area (Å²) in [7, 11) is -9.92. The highest BCUT2D eigenvalue weighted by Gasteiger charge is 2.30. The van der Waals surface area contributed by atoms with Gasteiger partial charge in [-0.1, -0.05) is 376 Å². The number of hydrogen-bond donors (Lipinski definition) is 3. The van der Waals surface area contributed by atoms with E-state index in [0.29, 0.717) is 25.7 Å². The predicted octanol–water partition coefficient (Wildman–Crippen LogP) is 24.5. The van der Waals surface area contributed by atoms with Crippen molar-refractivity contribution in [3.8, 4) is 0 Å². The number of esters is 4. The maximum Gasteiger partial charge on any atom is 0.472 e. The molecular weight excluding hydrogens is 1320 g/mol. The van der Waals surface area contributed by atoms with Crippen molar-refractivity contribution in [3.05, 3.63) is 0 Å². The lowest BCUT2D eigenvalue weighted by Crippen LogP contribution is -2.30. The summed E-state index contributed by atoms with van der Waals surface area (Å²) >= 11 is 0. The first-order chi connectivity index (χ1) is 48.7. The number of phosphoric ester groups is 2. The van der Waals surface area contributed by atoms with E-state index in [1.54, 1.807) is 0 Å². The summed E-state index contributed by atoms with van der Waals surface area (Å²) in [5.41, 5.74) is 0. The van der Waals surface area contributed by atoms with E-state index in [2.05, 4.69) is 48.5 Å². The molecule has 0 aliphatic rings. The van der Waals surface area contributed by atoms with E-state index in [9.17, 15) is 43.2 Å². The number of phosphoric acid groups is 2. The molecule has 17 nitrogen and oxygen atoms in total. The van der Waals surface area contributed by atoms with Crippen LogP contribution in [0.3, 0.4) is 0 Å². The standard InChI is InChI=1S/C82H160O17P2/c1-8-9-10-11-12-13-14-15-16-20-23-28-35-42-49-56-63-79(84)92-69-77(98-81(86)65-58-51-44-36-29-24-21-18-17-19-22-26-32-39-46-53-60-73(2)3)71-96-100(88,89)94-67-76(83)68-95-101(90,91)97-72-78(70-93-80(85)64-57-50-43-38-31-34-41-48-55-62-75(6)7)99-82(87)66-59-52-45-37-30-25-27-33-40-47-54-61-74(4)5/h73-78,83H,8-72H2,1-7H3,(H,88,89)(H,90,91)/t76-,77-,78-/m1/s1. The number of aliphatic hydroxyl groups excluding tert-OH is 1. The molecule has 0 aliphatic heterocycles. The minimum atomic E-state index is -4.96. The summed E-state index contributed by atoms with van der Waals surface area (Å²) in [6.45, 7) is 12.0. The second-order valence-corrected chi connectivity index (χ2v) is 33.8. The quantitative estimate of drug-likeness (QED) is 0.0222. The molecule has 0 aliphatic carbocycles. The van der Waals surface area contributed by atoms with E-state index >= 15 is 0 Å². The van der Waals surface area contributed by atoms with E-state index in [0.717, 1.165) is 108 Å². The van der Waals surface area contributed by atoms with Gasteiger partial charge in [0.05, 0.1) is 26.4 Å². The van der Waals surface area contributed by atoms with Crippen LogP contribution in [-0.2, 0) is 65.4 Å². The highest BCUT2D eigenvalue weighted by Crippen LogP contribution is 2.45. The zero-order chi connectivity index (χ0) is 74.4. The molecule has 3 N–H and O–H groups in total. The minimum Gasteiger partial charge on any atom is -0.462 e. The molecule has 0 aromatic heterocycles. The van der Waals surface area contributed by atoms with Gasteiger partial charge in [0.1, 0.15) is 19.3 Å². The third-order valence-corrected chi connectivity index (χ3v) is 21.0. The summed E-state index contributed by atoms with van der Waals surface area (Å²) in [6, 6.07) is 0. The van der Waals surface area contributed by atoms with Crippen molar-refractivity contribution in [2.45, 2.75) is 446 Å². The smallest absolute Gasteiger partial charge is 0.462 e. The summed E-state index contributed by atoms with van der Waals surface area (Å²) in [6.07, 6.45) is 61.0. The summed E-state index contributed by atoms with van der Waals surface area (Å²) in [5.74, 6) is 0.210. The van der Waals surface area contributed by atoms with Crippen molar-refractivity contribution >= 4 is 39.5 Å². The van der Waals surface area contributed by atoms with Gasteiger partial charge in [-0.2, -0.15) is 0 Å². The Morgan fingerprint density at radius 1 is 0.267 bits per heavy atom. The van der Waals surface area contributed by atoms with Crippen molar-refractivity contribution in [2.24, 2.45) is 17.8 Å². The van der Waals surface area contributed by atoms with Gasteiger partial charge in [0.2, 0.25) is 0 Å². The summed E-state index contributed by atoms with van der Waals surface area (Å²) in [5, 5.41) is 10.7. The molecule has 0 fully saturated rings. The summed E-state index contributed by atoms with van der Waals surface area (Å²) in [4.78, 5) is 73.1. The van der Waals surface area contributed by atoms with Crippen LogP contribution in [0.2, 0.25) is 0 Å². The van der Waals surface area contributed by atoms with Crippen LogP contribution in [0.15, 0.2) is 0 Å². The Morgan fingerprint density at radius 2 is 0.455 bits per heavy atom. The molecule has 600 valence electrons. The highest BCUT2D eigenvalue weighted by atomic mass is 31.2. The van der Waals surface area contributed by atoms with E-state index < -0.39 is 97.5 Å². The Hall–Kier alpha value is -1.94. The van der Waals surface area contributed by atoms with Gasteiger partial charge in [-0.3, -0.25) is 37.3 Å². The van der Waals surface area contributed by atoms with Gasteiger partial charge >= 0.3 is 39.5 Å². The van der Waals surface area contributed by atoms with Crippen molar-refractivity contribution in [2.75, 3.05) is 39.6 Å². The van der Waals surface area contributed by atoms with E-state index in [1.165, 1.54) is 238 Å². The zero-order valence-electron chi connectivity index (χ0n) is 66.4. The zero-order valence-corrected chi connectivity index (χ0v) is 68.2. The minimum absolute atomic E-state index is 0.106. The Labute approximate surface area is 619 Å². The third kappa shape index (κ3) is 76.1. The Morgan fingerprint density at radius 3 is 0.673 bits per heavy atom. The second-order valence-electron chi connectivity index (χ2n) is 30.9. The molecule has 101 heavy (non-hydrogen) atoms. The molecular formula is C82H160O17P2. The van der Waals surface area contributed by atoms with Gasteiger partial charge in [-0.05, 0) is 43.4 Å². The van der Waals surface area contributed by atoms with Crippen LogP contribution < -0.4 is 0 Å². The molecule has 0 aromatic carbocycles. The van der Waals surface area contributed by atoms with Crippen molar-refractivity contribution in [1.29, 1.82) is 0 Å². The molecule has 0 amide bonds. The predicted molar refractivity (Wildman–Crippen MR) is 414 cm³/mol. The first-order valence-corrected chi connectivity index (χ1v) is 45.3. The van der Waals surface area contributed by atoms with Crippen LogP contribution in [0, 0.1) is 17.8 Å². The number of hydrogen-bond acceptors (Lipinski definition) is 15. The van der Waals surface area contributed by atoms with Gasteiger partial charge in [-0.15, -0.1) is 0 Å². The van der Waals surface area contributed by atoms with Gasteiger partial charge < -0.3 is 33.8 Å². The summed E-state index contributed by atoms with van der Waals surface area (Å²) < 4.78 is 68.8. The maximum atomic E-state index is 13.1. The van der Waals surface area contributed by atoms with Crippen LogP contribution >= 0.6 is 15.6 Å². The SMILES string of the molecule is CCCCCCCCCCCCCCCCCCC(=O)OC[C@H](COP(=O)(O)OC[C@@H](O)COP(=O)(O)OC[C@@H](COC(=O)CCCCCCCCCCCC(C)C)OC(=O)CCCCCCCCCCCCCC(C)C)OC(=O)CCCCCCCCCCCCCCCCCCC(C)C. The second kappa shape index (κ2) is 72.3. The lowest BCUT2D eigenvalue weighted by atomic mass is 10.0.